The number of hydrogen-bond acceptors (Lipinski definition) is 1. The van der Waals surface area contributed by atoms with Crippen LogP contribution in [0.15, 0.2) is 36.7 Å². The minimum absolute atomic E-state index is 0.124. The molecule has 0 unspecified atom stereocenters. The highest BCUT2D eigenvalue weighted by molar-refractivity contribution is 6.30. The summed E-state index contributed by atoms with van der Waals surface area (Å²) >= 11 is 5.75. The smallest absolute Gasteiger partial charge is 0.167 e. The molecule has 1 aromatic carbocycles. The topological polar surface area (TPSA) is 22.0 Å². The molecule has 1 saturated carbocycles. The Morgan fingerprint density at radius 3 is 2.84 bits per heavy atom. The van der Waals surface area contributed by atoms with Gasteiger partial charge in [-0.25, -0.2) is 4.39 Å². The fraction of sp³-hybridized carbons (Fsp3) is 0.267. The highest BCUT2D eigenvalue weighted by Gasteiger charge is 2.30. The van der Waals surface area contributed by atoms with Gasteiger partial charge in [0, 0.05) is 30.4 Å². The summed E-state index contributed by atoms with van der Waals surface area (Å²) in [6.45, 7) is 0.581. The third-order valence-corrected chi connectivity index (χ3v) is 3.62. The fourth-order valence-corrected chi connectivity index (χ4v) is 2.32. The summed E-state index contributed by atoms with van der Waals surface area (Å²) in [4.78, 5) is 11.9. The minimum atomic E-state index is -0.414. The molecule has 1 heterocycles. The second kappa shape index (κ2) is 4.82. The van der Waals surface area contributed by atoms with E-state index in [1.807, 2.05) is 23.0 Å². The SMILES string of the molecule is O=C(c1ccn(Cc2ccc(F)c(Cl)c2)c1)C1CC1. The van der Waals surface area contributed by atoms with Crippen molar-refractivity contribution in [3.63, 3.8) is 0 Å². The molecule has 2 nitrogen and oxygen atoms in total. The lowest BCUT2D eigenvalue weighted by Crippen LogP contribution is -2.01. The van der Waals surface area contributed by atoms with E-state index in [-0.39, 0.29) is 16.7 Å². The molecule has 0 N–H and O–H groups in total. The van der Waals surface area contributed by atoms with Crippen LogP contribution in [0.1, 0.15) is 28.8 Å². The van der Waals surface area contributed by atoms with Gasteiger partial charge < -0.3 is 4.57 Å². The highest BCUT2D eigenvalue weighted by Crippen LogP contribution is 2.32. The summed E-state index contributed by atoms with van der Waals surface area (Å²) in [6.07, 6.45) is 5.74. The van der Waals surface area contributed by atoms with E-state index in [1.54, 1.807) is 12.1 Å². The molecule has 0 aliphatic heterocycles. The van der Waals surface area contributed by atoms with E-state index in [0.717, 1.165) is 24.0 Å². The Labute approximate surface area is 115 Å². The molecular formula is C15H13ClFNO. The number of Topliss-reactive ketones (excluding diaryl/α,β-unsaturated/α-hetero) is 1. The van der Waals surface area contributed by atoms with Gasteiger partial charge >= 0.3 is 0 Å². The number of nitrogens with zero attached hydrogens (tertiary/aromatic N) is 1. The average Bonchev–Trinajstić information content (AvgIpc) is 3.14. The third-order valence-electron chi connectivity index (χ3n) is 3.33. The summed E-state index contributed by atoms with van der Waals surface area (Å²) in [5, 5.41) is 0.124. The molecule has 0 amide bonds. The lowest BCUT2D eigenvalue weighted by Gasteiger charge is -2.04. The normalized spacial score (nSPS) is 14.6. The van der Waals surface area contributed by atoms with Gasteiger partial charge in [-0.2, -0.15) is 0 Å². The van der Waals surface area contributed by atoms with Crippen LogP contribution in [0.4, 0.5) is 4.39 Å². The molecule has 4 heteroatoms. The first-order valence-electron chi connectivity index (χ1n) is 6.27. The molecule has 3 rings (SSSR count). The van der Waals surface area contributed by atoms with E-state index >= 15 is 0 Å². The molecular weight excluding hydrogens is 265 g/mol. The van der Waals surface area contributed by atoms with Crippen molar-refractivity contribution in [2.45, 2.75) is 19.4 Å². The van der Waals surface area contributed by atoms with Gasteiger partial charge in [-0.1, -0.05) is 17.7 Å². The predicted molar refractivity (Wildman–Crippen MR) is 72.0 cm³/mol. The van der Waals surface area contributed by atoms with E-state index in [1.165, 1.54) is 6.07 Å². The molecule has 1 fully saturated rings. The number of rotatable bonds is 4. The van der Waals surface area contributed by atoms with Crippen LogP contribution in [0.3, 0.4) is 0 Å². The van der Waals surface area contributed by atoms with Gasteiger partial charge in [0.2, 0.25) is 0 Å². The lowest BCUT2D eigenvalue weighted by atomic mass is 10.1. The molecule has 1 aromatic heterocycles. The van der Waals surface area contributed by atoms with Gasteiger partial charge in [0.1, 0.15) is 5.82 Å². The number of carbonyl (C=O) groups excluding carboxylic acids is 1. The van der Waals surface area contributed by atoms with Crippen molar-refractivity contribution in [3.05, 3.63) is 58.6 Å². The Hall–Kier alpha value is -1.61. The zero-order chi connectivity index (χ0) is 13.4. The van der Waals surface area contributed by atoms with Gasteiger partial charge in [-0.15, -0.1) is 0 Å². The second-order valence-corrected chi connectivity index (χ2v) is 5.37. The van der Waals surface area contributed by atoms with Crippen LogP contribution in [0, 0.1) is 11.7 Å². The third kappa shape index (κ3) is 2.71. The summed E-state index contributed by atoms with van der Waals surface area (Å²) in [5.74, 6) is 0.0505. The Bertz CT molecular complexity index is 631. The molecule has 0 saturated heterocycles. The van der Waals surface area contributed by atoms with Crippen molar-refractivity contribution in [1.29, 1.82) is 0 Å². The fourth-order valence-electron chi connectivity index (χ4n) is 2.11. The van der Waals surface area contributed by atoms with Crippen LogP contribution in [-0.2, 0) is 6.54 Å². The van der Waals surface area contributed by atoms with Crippen molar-refractivity contribution >= 4 is 17.4 Å². The number of ketones is 1. The van der Waals surface area contributed by atoms with Gasteiger partial charge in [0.25, 0.3) is 0 Å². The first-order valence-corrected chi connectivity index (χ1v) is 6.65. The Morgan fingerprint density at radius 1 is 1.37 bits per heavy atom. The van der Waals surface area contributed by atoms with Gasteiger partial charge in [-0.3, -0.25) is 4.79 Å². The quantitative estimate of drug-likeness (QED) is 0.777. The molecule has 1 aliphatic carbocycles. The second-order valence-electron chi connectivity index (χ2n) is 4.96. The van der Waals surface area contributed by atoms with Crippen LogP contribution < -0.4 is 0 Å². The van der Waals surface area contributed by atoms with Gasteiger partial charge in [0.05, 0.1) is 5.02 Å². The zero-order valence-corrected chi connectivity index (χ0v) is 11.0. The molecule has 0 atom stereocenters. The largest absolute Gasteiger partial charge is 0.349 e. The van der Waals surface area contributed by atoms with E-state index in [2.05, 4.69) is 0 Å². The maximum atomic E-state index is 13.1. The molecule has 19 heavy (non-hydrogen) atoms. The van der Waals surface area contributed by atoms with Gasteiger partial charge in [0.15, 0.2) is 5.78 Å². The number of benzene rings is 1. The lowest BCUT2D eigenvalue weighted by molar-refractivity contribution is 0.0967. The van der Waals surface area contributed by atoms with E-state index in [9.17, 15) is 9.18 Å². The van der Waals surface area contributed by atoms with Gasteiger partial charge in [-0.05, 0) is 36.6 Å². The zero-order valence-electron chi connectivity index (χ0n) is 10.3. The van der Waals surface area contributed by atoms with Crippen LogP contribution >= 0.6 is 11.6 Å². The Kier molecular flexibility index (Phi) is 3.15. The van der Waals surface area contributed by atoms with Crippen LogP contribution in [-0.4, -0.2) is 10.4 Å². The summed E-state index contributed by atoms with van der Waals surface area (Å²) < 4.78 is 15.0. The van der Waals surface area contributed by atoms with E-state index < -0.39 is 5.82 Å². The molecule has 0 spiro atoms. The molecule has 0 bridgehead atoms. The number of aromatic nitrogens is 1. The summed E-state index contributed by atoms with van der Waals surface area (Å²) in [5.41, 5.74) is 1.67. The Morgan fingerprint density at radius 2 is 2.16 bits per heavy atom. The number of halogens is 2. The van der Waals surface area contributed by atoms with Crippen molar-refractivity contribution in [1.82, 2.24) is 4.57 Å². The summed E-state index contributed by atoms with van der Waals surface area (Å²) in [7, 11) is 0. The first-order chi connectivity index (χ1) is 9.13. The van der Waals surface area contributed by atoms with Crippen LogP contribution in [0.25, 0.3) is 0 Å². The summed E-state index contributed by atoms with van der Waals surface area (Å²) in [6, 6.07) is 6.51. The maximum Gasteiger partial charge on any atom is 0.167 e. The Balaban J connectivity index is 1.75. The predicted octanol–water partition coefficient (Wildman–Crippen LogP) is 3.92. The first kappa shape index (κ1) is 12.4. The number of hydrogen-bond donors (Lipinski definition) is 0. The van der Waals surface area contributed by atoms with Crippen molar-refractivity contribution in [2.24, 2.45) is 5.92 Å². The molecule has 1 aliphatic rings. The monoisotopic (exact) mass is 277 g/mol. The number of carbonyl (C=O) groups is 1. The molecule has 98 valence electrons. The van der Waals surface area contributed by atoms with Crippen molar-refractivity contribution in [3.8, 4) is 0 Å². The molecule has 2 aromatic rings. The maximum absolute atomic E-state index is 13.1. The molecule has 0 radical (unpaired) electrons. The van der Waals surface area contributed by atoms with E-state index in [0.29, 0.717) is 6.54 Å². The standard InChI is InChI=1S/C15H13ClFNO/c16-13-7-10(1-4-14(13)17)8-18-6-5-12(9-18)15(19)11-2-3-11/h1,4-7,9,11H,2-3,8H2. The average molecular weight is 278 g/mol. The van der Waals surface area contributed by atoms with Crippen LogP contribution in [0.2, 0.25) is 5.02 Å². The van der Waals surface area contributed by atoms with E-state index in [4.69, 9.17) is 11.6 Å². The van der Waals surface area contributed by atoms with Crippen LogP contribution in [0.5, 0.6) is 0 Å². The van der Waals surface area contributed by atoms with Crippen molar-refractivity contribution in [2.75, 3.05) is 0 Å². The van der Waals surface area contributed by atoms with Crippen molar-refractivity contribution < 1.29 is 9.18 Å². The highest BCUT2D eigenvalue weighted by atomic mass is 35.5. The minimum Gasteiger partial charge on any atom is -0.349 e.